The lowest BCUT2D eigenvalue weighted by atomic mass is 10.1. The van der Waals surface area contributed by atoms with E-state index in [4.69, 9.17) is 14.9 Å². The van der Waals surface area contributed by atoms with E-state index in [0.717, 1.165) is 57.6 Å². The molecule has 1 aliphatic heterocycles. The van der Waals surface area contributed by atoms with Gasteiger partial charge in [-0.05, 0) is 66.8 Å². The van der Waals surface area contributed by atoms with Crippen LogP contribution in [0.1, 0.15) is 43.7 Å². The van der Waals surface area contributed by atoms with Gasteiger partial charge < -0.3 is 19.8 Å². The third kappa shape index (κ3) is 6.43. The molecule has 3 rings (SSSR count). The number of nitrogens with one attached hydrogen (secondary N) is 1. The molecule has 0 radical (unpaired) electrons. The first-order valence-corrected chi connectivity index (χ1v) is 10.5. The number of anilines is 1. The second kappa shape index (κ2) is 10.8. The molecule has 5 heteroatoms. The Morgan fingerprint density at radius 3 is 2.38 bits per heavy atom. The Morgan fingerprint density at radius 2 is 1.72 bits per heavy atom. The van der Waals surface area contributed by atoms with E-state index in [1.807, 2.05) is 12.1 Å². The number of ether oxygens (including phenoxy) is 2. The Balaban J connectivity index is 1.41. The largest absolute Gasteiger partial charge is 0.427 e. The number of morpholine rings is 1. The van der Waals surface area contributed by atoms with Crippen LogP contribution in [-0.2, 0) is 16.0 Å². The average molecular weight is 395 g/mol. The van der Waals surface area contributed by atoms with Crippen LogP contribution in [0.2, 0.25) is 0 Å². The van der Waals surface area contributed by atoms with Crippen LogP contribution in [0.5, 0.6) is 5.75 Å². The molecule has 5 nitrogen and oxygen atoms in total. The average Bonchev–Trinajstić information content (AvgIpc) is 2.75. The molecule has 0 aliphatic carbocycles. The van der Waals surface area contributed by atoms with Crippen LogP contribution in [0.15, 0.2) is 48.5 Å². The van der Waals surface area contributed by atoms with Crippen LogP contribution in [0, 0.1) is 5.41 Å². The van der Waals surface area contributed by atoms with E-state index in [9.17, 15) is 4.79 Å². The third-order valence-electron chi connectivity index (χ3n) is 5.09. The van der Waals surface area contributed by atoms with Crippen molar-refractivity contribution < 1.29 is 14.3 Å². The van der Waals surface area contributed by atoms with Crippen LogP contribution in [0.4, 0.5) is 5.69 Å². The molecule has 1 fully saturated rings. The molecule has 0 spiro atoms. The van der Waals surface area contributed by atoms with Gasteiger partial charge in [0.05, 0.1) is 13.2 Å². The van der Waals surface area contributed by atoms with Crippen LogP contribution in [-0.4, -0.2) is 38.0 Å². The summed E-state index contributed by atoms with van der Waals surface area (Å²) in [6, 6.07) is 15.8. The number of benzene rings is 2. The number of hydrogen-bond acceptors (Lipinski definition) is 5. The Kier molecular flexibility index (Phi) is 7.82. The highest BCUT2D eigenvalue weighted by atomic mass is 16.5. The van der Waals surface area contributed by atoms with Crippen molar-refractivity contribution in [1.29, 1.82) is 5.41 Å². The molecule has 2 aromatic rings. The maximum absolute atomic E-state index is 12.1. The molecule has 1 saturated heterocycles. The number of carbonyl (C=O) groups excluding carboxylic acids is 1. The Labute approximate surface area is 173 Å². The number of aryl methyl sites for hydroxylation is 1. The summed E-state index contributed by atoms with van der Waals surface area (Å²) in [5, 5.41) is 7.97. The zero-order chi connectivity index (χ0) is 20.5. The van der Waals surface area contributed by atoms with E-state index in [-0.39, 0.29) is 5.97 Å². The smallest absolute Gasteiger partial charge is 0.311 e. The fourth-order valence-electron chi connectivity index (χ4n) is 3.43. The fourth-order valence-corrected chi connectivity index (χ4v) is 3.43. The molecular weight excluding hydrogens is 364 g/mol. The van der Waals surface area contributed by atoms with Gasteiger partial charge in [0.15, 0.2) is 0 Å². The van der Waals surface area contributed by atoms with Crippen molar-refractivity contribution in [3.05, 3.63) is 59.7 Å². The van der Waals surface area contributed by atoms with Gasteiger partial charge in [0.1, 0.15) is 5.75 Å². The molecule has 0 amide bonds. The molecule has 1 aliphatic rings. The van der Waals surface area contributed by atoms with E-state index in [2.05, 4.69) is 36.1 Å². The number of carbonyl (C=O) groups is 1. The Bertz CT molecular complexity index is 794. The predicted molar refractivity (Wildman–Crippen MR) is 116 cm³/mol. The minimum Gasteiger partial charge on any atom is -0.427 e. The zero-order valence-electron chi connectivity index (χ0n) is 17.2. The van der Waals surface area contributed by atoms with Crippen molar-refractivity contribution >= 4 is 17.4 Å². The summed E-state index contributed by atoms with van der Waals surface area (Å²) in [5.74, 6) is 0.323. The minimum atomic E-state index is -0.216. The van der Waals surface area contributed by atoms with Crippen molar-refractivity contribution in [1.82, 2.24) is 0 Å². The summed E-state index contributed by atoms with van der Waals surface area (Å²) in [4.78, 5) is 14.4. The molecule has 0 bridgehead atoms. The topological polar surface area (TPSA) is 62.6 Å². The lowest BCUT2D eigenvalue weighted by Gasteiger charge is -2.28. The molecule has 0 aromatic heterocycles. The van der Waals surface area contributed by atoms with Gasteiger partial charge in [0.25, 0.3) is 0 Å². The lowest BCUT2D eigenvalue weighted by Crippen LogP contribution is -2.36. The van der Waals surface area contributed by atoms with Crippen LogP contribution < -0.4 is 9.64 Å². The molecule has 154 valence electrons. The van der Waals surface area contributed by atoms with E-state index in [0.29, 0.717) is 17.9 Å². The molecule has 0 saturated carbocycles. The predicted octanol–water partition coefficient (Wildman–Crippen LogP) is 4.62. The standard InChI is InChI=1S/C24H30N2O3/c1-2-4-23(25)20-9-13-22(14-10-20)29-24(27)6-3-5-19-7-11-21(12-8-19)26-15-17-28-18-16-26/h7-14,25H,2-6,15-18H2,1H3. The molecule has 0 atom stereocenters. The zero-order valence-corrected chi connectivity index (χ0v) is 17.2. The normalized spacial score (nSPS) is 13.9. The van der Waals surface area contributed by atoms with E-state index < -0.39 is 0 Å². The highest BCUT2D eigenvalue weighted by Gasteiger charge is 2.11. The van der Waals surface area contributed by atoms with E-state index >= 15 is 0 Å². The molecule has 1 heterocycles. The highest BCUT2D eigenvalue weighted by Crippen LogP contribution is 2.18. The van der Waals surface area contributed by atoms with Crippen LogP contribution >= 0.6 is 0 Å². The summed E-state index contributed by atoms with van der Waals surface area (Å²) >= 11 is 0. The third-order valence-corrected chi connectivity index (χ3v) is 5.09. The van der Waals surface area contributed by atoms with Crippen molar-refractivity contribution in [2.75, 3.05) is 31.2 Å². The quantitative estimate of drug-likeness (QED) is 0.383. The van der Waals surface area contributed by atoms with Crippen molar-refractivity contribution in [3.8, 4) is 5.75 Å². The van der Waals surface area contributed by atoms with Gasteiger partial charge in [0, 0.05) is 30.9 Å². The first kappa shape index (κ1) is 21.1. The molecule has 0 unspecified atom stereocenters. The summed E-state index contributed by atoms with van der Waals surface area (Å²) in [5.41, 5.74) is 3.96. The van der Waals surface area contributed by atoms with Crippen LogP contribution in [0.3, 0.4) is 0 Å². The number of esters is 1. The Morgan fingerprint density at radius 1 is 1.03 bits per heavy atom. The Hall–Kier alpha value is -2.66. The number of hydrogen-bond donors (Lipinski definition) is 1. The second-order valence-corrected chi connectivity index (χ2v) is 7.35. The van der Waals surface area contributed by atoms with Crippen LogP contribution in [0.25, 0.3) is 0 Å². The van der Waals surface area contributed by atoms with Gasteiger partial charge in [-0.15, -0.1) is 0 Å². The monoisotopic (exact) mass is 394 g/mol. The number of rotatable bonds is 9. The fraction of sp³-hybridized carbons (Fsp3) is 0.417. The van der Waals surface area contributed by atoms with Gasteiger partial charge in [-0.25, -0.2) is 0 Å². The summed E-state index contributed by atoms with van der Waals surface area (Å²) in [7, 11) is 0. The molecule has 1 N–H and O–H groups in total. The maximum Gasteiger partial charge on any atom is 0.311 e. The second-order valence-electron chi connectivity index (χ2n) is 7.35. The summed E-state index contributed by atoms with van der Waals surface area (Å²) in [6.45, 7) is 5.50. The minimum absolute atomic E-state index is 0.216. The van der Waals surface area contributed by atoms with Crippen molar-refractivity contribution in [2.45, 2.75) is 39.0 Å². The lowest BCUT2D eigenvalue weighted by molar-refractivity contribution is -0.134. The first-order chi connectivity index (χ1) is 14.2. The van der Waals surface area contributed by atoms with Gasteiger partial charge in [0.2, 0.25) is 0 Å². The SMILES string of the molecule is CCCC(=N)c1ccc(OC(=O)CCCc2ccc(N3CCOCC3)cc2)cc1. The molecular formula is C24H30N2O3. The summed E-state index contributed by atoms with van der Waals surface area (Å²) in [6.07, 6.45) is 3.71. The molecule has 29 heavy (non-hydrogen) atoms. The van der Waals surface area contributed by atoms with Crippen molar-refractivity contribution in [2.24, 2.45) is 0 Å². The van der Waals surface area contributed by atoms with Crippen molar-refractivity contribution in [3.63, 3.8) is 0 Å². The van der Waals surface area contributed by atoms with Gasteiger partial charge in [-0.3, -0.25) is 4.79 Å². The van der Waals surface area contributed by atoms with Gasteiger partial charge in [-0.1, -0.05) is 25.5 Å². The highest BCUT2D eigenvalue weighted by molar-refractivity contribution is 5.98. The van der Waals surface area contributed by atoms with E-state index in [1.165, 1.54) is 11.3 Å². The number of nitrogens with zero attached hydrogens (tertiary/aromatic N) is 1. The van der Waals surface area contributed by atoms with E-state index in [1.54, 1.807) is 12.1 Å². The maximum atomic E-state index is 12.1. The van der Waals surface area contributed by atoms with Gasteiger partial charge >= 0.3 is 5.97 Å². The molecule has 2 aromatic carbocycles. The first-order valence-electron chi connectivity index (χ1n) is 10.5. The van der Waals surface area contributed by atoms with Gasteiger partial charge in [-0.2, -0.15) is 0 Å². The summed E-state index contributed by atoms with van der Waals surface area (Å²) < 4.78 is 10.8.